The predicted octanol–water partition coefficient (Wildman–Crippen LogP) is 1.94. The number of ether oxygens (including phenoxy) is 1. The fourth-order valence-corrected chi connectivity index (χ4v) is 1.40. The normalized spacial score (nSPS) is 10.1. The van der Waals surface area contributed by atoms with Gasteiger partial charge in [-0.2, -0.15) is 0 Å². The molecule has 1 rings (SSSR count). The maximum atomic E-state index is 11.5. The van der Waals surface area contributed by atoms with Crippen LogP contribution in [0.4, 0.5) is 5.69 Å². The van der Waals surface area contributed by atoms with Crippen molar-refractivity contribution in [3.8, 4) is 5.75 Å². The van der Waals surface area contributed by atoms with Crippen molar-refractivity contribution in [2.75, 3.05) is 11.9 Å². The molecule has 1 aromatic rings. The second-order valence-electron chi connectivity index (χ2n) is 4.37. The predicted molar refractivity (Wildman–Crippen MR) is 74.1 cm³/mol. The van der Waals surface area contributed by atoms with Crippen molar-refractivity contribution in [2.24, 2.45) is 0 Å². The Labute approximate surface area is 113 Å². The van der Waals surface area contributed by atoms with Crippen LogP contribution in [0.1, 0.15) is 27.2 Å². The number of hydrogen-bond donors (Lipinski definition) is 2. The van der Waals surface area contributed by atoms with Gasteiger partial charge in [0.15, 0.2) is 0 Å². The maximum Gasteiger partial charge on any atom is 0.243 e. The van der Waals surface area contributed by atoms with Crippen molar-refractivity contribution in [3.63, 3.8) is 0 Å². The van der Waals surface area contributed by atoms with E-state index in [2.05, 4.69) is 10.6 Å². The van der Waals surface area contributed by atoms with E-state index in [-0.39, 0.29) is 24.5 Å². The molecule has 0 bridgehead atoms. The highest BCUT2D eigenvalue weighted by Crippen LogP contribution is 2.16. The summed E-state index contributed by atoms with van der Waals surface area (Å²) in [4.78, 5) is 22.5. The Morgan fingerprint density at radius 3 is 2.32 bits per heavy atom. The minimum Gasteiger partial charge on any atom is -0.491 e. The Balaban J connectivity index is 2.44. The van der Waals surface area contributed by atoms with Gasteiger partial charge in [-0.1, -0.05) is 6.92 Å². The molecule has 5 nitrogen and oxygen atoms in total. The van der Waals surface area contributed by atoms with Gasteiger partial charge in [0.25, 0.3) is 0 Å². The third kappa shape index (κ3) is 5.90. The lowest BCUT2D eigenvalue weighted by atomic mass is 10.3. The van der Waals surface area contributed by atoms with Crippen molar-refractivity contribution in [2.45, 2.75) is 33.3 Å². The van der Waals surface area contributed by atoms with Gasteiger partial charge in [0.2, 0.25) is 11.8 Å². The van der Waals surface area contributed by atoms with Crippen molar-refractivity contribution in [1.82, 2.24) is 5.32 Å². The summed E-state index contributed by atoms with van der Waals surface area (Å²) in [6, 6.07) is 7.11. The van der Waals surface area contributed by atoms with Gasteiger partial charge >= 0.3 is 0 Å². The van der Waals surface area contributed by atoms with Crippen molar-refractivity contribution in [3.05, 3.63) is 24.3 Å². The molecule has 104 valence electrons. The summed E-state index contributed by atoms with van der Waals surface area (Å²) in [5.74, 6) is 0.363. The summed E-state index contributed by atoms with van der Waals surface area (Å²) in [5, 5.41) is 5.21. The lowest BCUT2D eigenvalue weighted by molar-refractivity contribution is -0.123. The molecule has 0 fully saturated rings. The summed E-state index contributed by atoms with van der Waals surface area (Å²) in [6.45, 7) is 5.62. The highest BCUT2D eigenvalue weighted by Gasteiger charge is 2.04. The third-order valence-corrected chi connectivity index (χ3v) is 2.28. The molecule has 0 heterocycles. The average molecular weight is 264 g/mol. The van der Waals surface area contributed by atoms with Crippen LogP contribution in [0.15, 0.2) is 24.3 Å². The van der Waals surface area contributed by atoms with E-state index in [9.17, 15) is 9.59 Å². The van der Waals surface area contributed by atoms with Crippen LogP contribution >= 0.6 is 0 Å². The minimum absolute atomic E-state index is 0.0169. The van der Waals surface area contributed by atoms with Gasteiger partial charge in [-0.15, -0.1) is 0 Å². The second-order valence-corrected chi connectivity index (χ2v) is 4.37. The van der Waals surface area contributed by atoms with Crippen LogP contribution in [0.25, 0.3) is 0 Å². The first-order valence-electron chi connectivity index (χ1n) is 6.34. The molecule has 0 aliphatic heterocycles. The van der Waals surface area contributed by atoms with E-state index in [1.807, 2.05) is 13.8 Å². The molecule has 0 aromatic heterocycles. The Kier molecular flexibility index (Phi) is 5.85. The molecule has 19 heavy (non-hydrogen) atoms. The number of hydrogen-bond acceptors (Lipinski definition) is 3. The summed E-state index contributed by atoms with van der Waals surface area (Å²) < 4.78 is 5.50. The first-order chi connectivity index (χ1) is 9.01. The van der Waals surface area contributed by atoms with Crippen molar-refractivity contribution < 1.29 is 14.3 Å². The zero-order chi connectivity index (χ0) is 14.3. The van der Waals surface area contributed by atoms with Gasteiger partial charge in [-0.3, -0.25) is 9.59 Å². The molecule has 0 radical (unpaired) electrons. The largest absolute Gasteiger partial charge is 0.491 e. The number of rotatable bonds is 6. The highest BCUT2D eigenvalue weighted by atomic mass is 16.5. The van der Waals surface area contributed by atoms with Crippen LogP contribution in [-0.4, -0.2) is 24.5 Å². The zero-order valence-electron chi connectivity index (χ0n) is 11.5. The maximum absolute atomic E-state index is 11.5. The molecule has 1 aromatic carbocycles. The SMILES string of the molecule is CCC(=O)NCC(=O)Nc1ccc(OC(C)C)cc1. The molecule has 0 atom stereocenters. The Morgan fingerprint density at radius 1 is 1.16 bits per heavy atom. The number of carbonyl (C=O) groups is 2. The van der Waals surface area contributed by atoms with E-state index in [0.717, 1.165) is 5.75 Å². The smallest absolute Gasteiger partial charge is 0.243 e. The van der Waals surface area contributed by atoms with Gasteiger partial charge in [0.1, 0.15) is 5.75 Å². The highest BCUT2D eigenvalue weighted by molar-refractivity contribution is 5.94. The molecule has 0 unspecified atom stereocenters. The van der Waals surface area contributed by atoms with Crippen molar-refractivity contribution >= 4 is 17.5 Å². The number of carbonyl (C=O) groups excluding carboxylic acids is 2. The molecule has 0 spiro atoms. The molecule has 0 aliphatic rings. The fourth-order valence-electron chi connectivity index (χ4n) is 1.40. The lowest BCUT2D eigenvalue weighted by Crippen LogP contribution is -2.32. The number of anilines is 1. The van der Waals surface area contributed by atoms with Crippen LogP contribution in [-0.2, 0) is 9.59 Å². The fraction of sp³-hybridized carbons (Fsp3) is 0.429. The average Bonchev–Trinajstić information content (AvgIpc) is 2.37. The first kappa shape index (κ1) is 15.0. The lowest BCUT2D eigenvalue weighted by Gasteiger charge is -2.10. The summed E-state index contributed by atoms with van der Waals surface area (Å²) in [5.41, 5.74) is 0.673. The van der Waals surface area contributed by atoms with Crippen LogP contribution in [0.2, 0.25) is 0 Å². The summed E-state index contributed by atoms with van der Waals surface area (Å²) >= 11 is 0. The Bertz CT molecular complexity index is 427. The molecule has 0 saturated carbocycles. The van der Waals surface area contributed by atoms with Gasteiger partial charge < -0.3 is 15.4 Å². The number of nitrogens with one attached hydrogen (secondary N) is 2. The Morgan fingerprint density at radius 2 is 1.79 bits per heavy atom. The van der Waals surface area contributed by atoms with E-state index >= 15 is 0 Å². The van der Waals surface area contributed by atoms with Gasteiger partial charge in [-0.05, 0) is 38.1 Å². The third-order valence-electron chi connectivity index (χ3n) is 2.28. The zero-order valence-corrected chi connectivity index (χ0v) is 11.5. The van der Waals surface area contributed by atoms with Gasteiger partial charge in [0.05, 0.1) is 12.6 Å². The van der Waals surface area contributed by atoms with E-state index in [1.165, 1.54) is 0 Å². The quantitative estimate of drug-likeness (QED) is 0.825. The molecule has 2 N–H and O–H groups in total. The molecular weight excluding hydrogens is 244 g/mol. The van der Waals surface area contributed by atoms with E-state index in [0.29, 0.717) is 12.1 Å². The van der Waals surface area contributed by atoms with Gasteiger partial charge in [0, 0.05) is 12.1 Å². The standard InChI is InChI=1S/C14H20N2O3/c1-4-13(17)15-9-14(18)16-11-5-7-12(8-6-11)19-10(2)3/h5-8,10H,4,9H2,1-3H3,(H,15,17)(H,16,18). The molecule has 2 amide bonds. The van der Waals surface area contributed by atoms with E-state index in [4.69, 9.17) is 4.74 Å². The summed E-state index contributed by atoms with van der Waals surface area (Å²) in [6.07, 6.45) is 0.485. The van der Waals surface area contributed by atoms with Crippen LogP contribution in [0.5, 0.6) is 5.75 Å². The number of amides is 2. The first-order valence-corrected chi connectivity index (χ1v) is 6.34. The van der Waals surface area contributed by atoms with Crippen LogP contribution in [0, 0.1) is 0 Å². The topological polar surface area (TPSA) is 67.4 Å². The van der Waals surface area contributed by atoms with E-state index in [1.54, 1.807) is 31.2 Å². The second kappa shape index (κ2) is 7.41. The number of benzene rings is 1. The van der Waals surface area contributed by atoms with Gasteiger partial charge in [-0.25, -0.2) is 0 Å². The monoisotopic (exact) mass is 264 g/mol. The van der Waals surface area contributed by atoms with Crippen LogP contribution < -0.4 is 15.4 Å². The molecule has 5 heteroatoms. The van der Waals surface area contributed by atoms with Crippen LogP contribution in [0.3, 0.4) is 0 Å². The summed E-state index contributed by atoms with van der Waals surface area (Å²) in [7, 11) is 0. The Hall–Kier alpha value is -2.04. The molecule has 0 saturated heterocycles. The minimum atomic E-state index is -0.251. The molecule has 0 aliphatic carbocycles. The molecular formula is C14H20N2O3. The van der Waals surface area contributed by atoms with Crippen molar-refractivity contribution in [1.29, 1.82) is 0 Å². The van der Waals surface area contributed by atoms with E-state index < -0.39 is 0 Å².